The molecular formula is C16H19N3O. The predicted molar refractivity (Wildman–Crippen MR) is 77.1 cm³/mol. The normalized spacial score (nSPS) is 29.9. The fourth-order valence-electron chi connectivity index (χ4n) is 4.32. The summed E-state index contributed by atoms with van der Waals surface area (Å²) in [6, 6.07) is 1.57. The van der Waals surface area contributed by atoms with Crippen LogP contribution in [0.1, 0.15) is 56.5 Å². The quantitative estimate of drug-likeness (QED) is 0.738. The van der Waals surface area contributed by atoms with E-state index in [1.807, 2.05) is 13.1 Å². The zero-order valence-electron chi connectivity index (χ0n) is 12.4. The van der Waals surface area contributed by atoms with E-state index in [1.54, 1.807) is 10.5 Å². The van der Waals surface area contributed by atoms with E-state index in [1.165, 1.54) is 18.4 Å². The maximum Gasteiger partial charge on any atom is 0.259 e. The average molecular weight is 269 g/mol. The van der Waals surface area contributed by atoms with Crippen molar-refractivity contribution < 1.29 is 0 Å². The minimum absolute atomic E-state index is 0.0338. The number of hydrogen-bond donors (Lipinski definition) is 0. The Morgan fingerprint density at radius 3 is 2.80 bits per heavy atom. The van der Waals surface area contributed by atoms with Crippen LogP contribution in [0.25, 0.3) is 5.78 Å². The summed E-state index contributed by atoms with van der Waals surface area (Å²) >= 11 is 0. The highest BCUT2D eigenvalue weighted by Gasteiger charge is 2.60. The van der Waals surface area contributed by atoms with E-state index in [2.05, 4.69) is 25.8 Å². The van der Waals surface area contributed by atoms with Crippen LogP contribution in [0.15, 0.2) is 17.1 Å². The largest absolute Gasteiger partial charge is 0.269 e. The van der Waals surface area contributed by atoms with Crippen molar-refractivity contribution in [3.8, 4) is 0 Å². The molecule has 0 aliphatic heterocycles. The van der Waals surface area contributed by atoms with Crippen LogP contribution in [-0.4, -0.2) is 14.4 Å². The molecule has 0 aromatic carbocycles. The molecule has 20 heavy (non-hydrogen) atoms. The van der Waals surface area contributed by atoms with Crippen LogP contribution >= 0.6 is 0 Å². The Morgan fingerprint density at radius 1 is 1.30 bits per heavy atom. The monoisotopic (exact) mass is 269 g/mol. The molecular weight excluding hydrogens is 250 g/mol. The van der Waals surface area contributed by atoms with Crippen molar-refractivity contribution in [2.24, 2.45) is 5.41 Å². The highest BCUT2D eigenvalue weighted by atomic mass is 16.1. The third kappa shape index (κ3) is 1.16. The Morgan fingerprint density at radius 2 is 2.05 bits per heavy atom. The Kier molecular flexibility index (Phi) is 1.99. The van der Waals surface area contributed by atoms with Gasteiger partial charge < -0.3 is 0 Å². The van der Waals surface area contributed by atoms with Crippen LogP contribution in [0, 0.1) is 12.3 Å². The zero-order chi connectivity index (χ0) is 14.3. The van der Waals surface area contributed by atoms with Gasteiger partial charge >= 0.3 is 0 Å². The third-order valence-electron chi connectivity index (χ3n) is 5.94. The SMILES string of the molecule is Cc1cc(=O)n2cc3c(nc2n1)[C@]1(C)CC[C@H]3C1(C)C. The molecule has 1 saturated carbocycles. The highest BCUT2D eigenvalue weighted by molar-refractivity contribution is 5.48. The van der Waals surface area contributed by atoms with Crippen LogP contribution < -0.4 is 5.56 Å². The summed E-state index contributed by atoms with van der Waals surface area (Å²) in [7, 11) is 0. The molecule has 2 aromatic rings. The number of hydrogen-bond acceptors (Lipinski definition) is 3. The van der Waals surface area contributed by atoms with Gasteiger partial charge in [0.2, 0.25) is 5.78 Å². The number of fused-ring (bicyclic) bond motifs is 6. The minimum Gasteiger partial charge on any atom is -0.269 e. The Hall–Kier alpha value is -1.71. The van der Waals surface area contributed by atoms with Crippen LogP contribution in [0.4, 0.5) is 0 Å². The number of aromatic nitrogens is 3. The summed E-state index contributed by atoms with van der Waals surface area (Å²) in [6.45, 7) is 8.82. The summed E-state index contributed by atoms with van der Waals surface area (Å²) in [5.41, 5.74) is 3.43. The molecule has 104 valence electrons. The Labute approximate surface area is 117 Å². The molecule has 2 aliphatic rings. The lowest BCUT2D eigenvalue weighted by molar-refractivity contribution is 0.227. The molecule has 2 aromatic heterocycles. The molecule has 0 radical (unpaired) electrons. The van der Waals surface area contributed by atoms with Gasteiger partial charge in [-0.2, -0.15) is 0 Å². The molecule has 1 fully saturated rings. The number of nitrogens with zero attached hydrogens (tertiary/aromatic N) is 3. The second kappa shape index (κ2) is 3.30. The van der Waals surface area contributed by atoms with Crippen molar-refractivity contribution >= 4 is 5.78 Å². The molecule has 4 nitrogen and oxygen atoms in total. The topological polar surface area (TPSA) is 47.3 Å². The van der Waals surface area contributed by atoms with E-state index < -0.39 is 0 Å². The molecule has 2 atom stereocenters. The summed E-state index contributed by atoms with van der Waals surface area (Å²) in [5.74, 6) is 1.05. The van der Waals surface area contributed by atoms with E-state index >= 15 is 0 Å². The zero-order valence-corrected chi connectivity index (χ0v) is 12.4. The molecule has 0 N–H and O–H groups in total. The van der Waals surface area contributed by atoms with Gasteiger partial charge in [0, 0.05) is 23.4 Å². The minimum atomic E-state index is -0.0338. The second-order valence-corrected chi connectivity index (χ2v) is 7.10. The molecule has 2 bridgehead atoms. The molecule has 0 saturated heterocycles. The van der Waals surface area contributed by atoms with Gasteiger partial charge in [-0.05, 0) is 36.7 Å². The highest BCUT2D eigenvalue weighted by Crippen LogP contribution is 2.66. The van der Waals surface area contributed by atoms with Gasteiger partial charge in [0.05, 0.1) is 5.69 Å². The first kappa shape index (κ1) is 12.1. The van der Waals surface area contributed by atoms with Crippen LogP contribution in [0.5, 0.6) is 0 Å². The summed E-state index contributed by atoms with van der Waals surface area (Å²) in [4.78, 5) is 21.3. The molecule has 4 rings (SSSR count). The molecule has 0 spiro atoms. The van der Waals surface area contributed by atoms with Crippen molar-refractivity contribution in [1.82, 2.24) is 14.4 Å². The van der Waals surface area contributed by atoms with Crippen LogP contribution in [0.2, 0.25) is 0 Å². The summed E-state index contributed by atoms with van der Waals surface area (Å²) < 4.78 is 1.60. The predicted octanol–water partition coefficient (Wildman–Crippen LogP) is 2.57. The Balaban J connectivity index is 2.11. The molecule has 0 unspecified atom stereocenters. The lowest BCUT2D eigenvalue weighted by atomic mass is 9.70. The second-order valence-electron chi connectivity index (χ2n) is 7.10. The third-order valence-corrected chi connectivity index (χ3v) is 5.94. The lowest BCUT2D eigenvalue weighted by Gasteiger charge is -2.34. The van der Waals surface area contributed by atoms with Crippen molar-refractivity contribution in [3.05, 3.63) is 39.6 Å². The first-order chi connectivity index (χ1) is 9.34. The maximum atomic E-state index is 12.1. The van der Waals surface area contributed by atoms with Crippen LogP contribution in [0.3, 0.4) is 0 Å². The standard InChI is InChI=1S/C16H19N3O/c1-9-7-12(20)19-8-10-11-5-6-16(4,15(11,2)3)13(10)18-14(19)17-9/h7-8,11H,5-6H2,1-4H3/t11-,16+/m1/s1. The van der Waals surface area contributed by atoms with E-state index in [9.17, 15) is 4.79 Å². The first-order valence-electron chi connectivity index (χ1n) is 7.26. The van der Waals surface area contributed by atoms with Gasteiger partial charge in [0.25, 0.3) is 5.56 Å². The van der Waals surface area contributed by atoms with Gasteiger partial charge in [0.15, 0.2) is 0 Å². The van der Waals surface area contributed by atoms with Gasteiger partial charge in [-0.3, -0.25) is 9.20 Å². The smallest absolute Gasteiger partial charge is 0.259 e. The summed E-state index contributed by atoms with van der Waals surface area (Å²) in [6.07, 6.45) is 4.36. The molecule has 2 heterocycles. The summed E-state index contributed by atoms with van der Waals surface area (Å²) in [5, 5.41) is 0. The van der Waals surface area contributed by atoms with Gasteiger partial charge in [-0.15, -0.1) is 0 Å². The molecule has 4 heteroatoms. The van der Waals surface area contributed by atoms with E-state index in [0.29, 0.717) is 11.7 Å². The maximum absolute atomic E-state index is 12.1. The van der Waals surface area contributed by atoms with Crippen molar-refractivity contribution in [3.63, 3.8) is 0 Å². The van der Waals surface area contributed by atoms with E-state index in [-0.39, 0.29) is 16.4 Å². The molecule has 2 aliphatic carbocycles. The number of rotatable bonds is 0. The van der Waals surface area contributed by atoms with Gasteiger partial charge in [-0.1, -0.05) is 20.8 Å². The van der Waals surface area contributed by atoms with Crippen molar-refractivity contribution in [2.75, 3.05) is 0 Å². The fourth-order valence-corrected chi connectivity index (χ4v) is 4.32. The van der Waals surface area contributed by atoms with E-state index in [0.717, 1.165) is 11.4 Å². The number of aryl methyl sites for hydroxylation is 1. The van der Waals surface area contributed by atoms with Crippen molar-refractivity contribution in [2.45, 2.75) is 51.9 Å². The van der Waals surface area contributed by atoms with Gasteiger partial charge in [0.1, 0.15) is 0 Å². The van der Waals surface area contributed by atoms with Crippen LogP contribution in [-0.2, 0) is 5.41 Å². The van der Waals surface area contributed by atoms with Crippen molar-refractivity contribution in [1.29, 1.82) is 0 Å². The Bertz CT molecular complexity index is 805. The van der Waals surface area contributed by atoms with E-state index in [4.69, 9.17) is 4.98 Å². The average Bonchev–Trinajstić information content (AvgIpc) is 2.68. The van der Waals surface area contributed by atoms with Gasteiger partial charge in [-0.25, -0.2) is 9.97 Å². The lowest BCUT2D eigenvalue weighted by Crippen LogP contribution is -2.32. The fraction of sp³-hybridized carbons (Fsp3) is 0.562. The first-order valence-corrected chi connectivity index (χ1v) is 7.26. The molecule has 0 amide bonds.